The van der Waals surface area contributed by atoms with E-state index in [1.165, 1.54) is 77.2 Å². The number of anilines is 3. The van der Waals surface area contributed by atoms with Gasteiger partial charge < -0.3 is 4.90 Å². The van der Waals surface area contributed by atoms with Crippen LogP contribution in [0.4, 0.5) is 17.1 Å². The highest BCUT2D eigenvalue weighted by molar-refractivity contribution is 6.22. The predicted molar refractivity (Wildman–Crippen MR) is 243 cm³/mol. The van der Waals surface area contributed by atoms with Gasteiger partial charge >= 0.3 is 0 Å². The number of hydrogen-bond acceptors (Lipinski definition) is 1. The zero-order valence-corrected chi connectivity index (χ0v) is 31.5. The van der Waals surface area contributed by atoms with Crippen LogP contribution in [0.15, 0.2) is 237 Å². The molecule has 1 heteroatoms. The first-order valence-electron chi connectivity index (χ1n) is 19.6. The minimum atomic E-state index is 1.10. The molecule has 0 bridgehead atoms. The van der Waals surface area contributed by atoms with Crippen molar-refractivity contribution in [3.8, 4) is 55.6 Å². The molecule has 0 fully saturated rings. The van der Waals surface area contributed by atoms with Crippen molar-refractivity contribution in [2.24, 2.45) is 0 Å². The van der Waals surface area contributed by atoms with Crippen molar-refractivity contribution < 1.29 is 0 Å². The van der Waals surface area contributed by atoms with Crippen LogP contribution in [0.3, 0.4) is 0 Å². The van der Waals surface area contributed by atoms with Crippen LogP contribution in [-0.4, -0.2) is 0 Å². The van der Waals surface area contributed by atoms with Crippen molar-refractivity contribution in [3.05, 3.63) is 237 Å². The Morgan fingerprint density at radius 3 is 1.11 bits per heavy atom. The van der Waals surface area contributed by atoms with Gasteiger partial charge in [-0.3, -0.25) is 0 Å². The van der Waals surface area contributed by atoms with Gasteiger partial charge in [-0.1, -0.05) is 200 Å². The molecule has 0 unspecified atom stereocenters. The fraction of sp³-hybridized carbons (Fsp3) is 0. The van der Waals surface area contributed by atoms with Gasteiger partial charge in [0.25, 0.3) is 0 Å². The molecular weight excluding hydrogens is 687 g/mol. The molecule has 10 rings (SSSR count). The third-order valence-electron chi connectivity index (χ3n) is 11.1. The summed E-state index contributed by atoms with van der Waals surface area (Å²) in [5.74, 6) is 0. The van der Waals surface area contributed by atoms with Crippen LogP contribution in [-0.2, 0) is 0 Å². The lowest BCUT2D eigenvalue weighted by Crippen LogP contribution is -2.10. The van der Waals surface area contributed by atoms with Crippen molar-refractivity contribution in [1.82, 2.24) is 0 Å². The maximum Gasteiger partial charge on any atom is 0.0468 e. The van der Waals surface area contributed by atoms with Crippen LogP contribution in [0.5, 0.6) is 0 Å². The fourth-order valence-electron chi connectivity index (χ4n) is 8.32. The van der Waals surface area contributed by atoms with E-state index in [4.69, 9.17) is 0 Å². The van der Waals surface area contributed by atoms with Crippen molar-refractivity contribution in [2.45, 2.75) is 0 Å². The van der Waals surface area contributed by atoms with Gasteiger partial charge in [0.15, 0.2) is 0 Å². The Bertz CT molecular complexity index is 2950. The van der Waals surface area contributed by atoms with Crippen LogP contribution in [0.2, 0.25) is 0 Å². The van der Waals surface area contributed by atoms with Crippen molar-refractivity contribution >= 4 is 38.6 Å². The number of hydrogen-bond donors (Lipinski definition) is 0. The second-order valence-corrected chi connectivity index (χ2v) is 14.5. The van der Waals surface area contributed by atoms with E-state index in [0.717, 1.165) is 17.1 Å². The Morgan fingerprint density at radius 1 is 0.193 bits per heavy atom. The van der Waals surface area contributed by atoms with Crippen LogP contribution < -0.4 is 4.90 Å². The van der Waals surface area contributed by atoms with Gasteiger partial charge in [0.1, 0.15) is 0 Å². The van der Waals surface area contributed by atoms with Gasteiger partial charge in [0.2, 0.25) is 0 Å². The monoisotopic (exact) mass is 725 g/mol. The van der Waals surface area contributed by atoms with Crippen molar-refractivity contribution in [3.63, 3.8) is 0 Å². The highest BCUT2D eigenvalue weighted by Gasteiger charge is 2.20. The minimum Gasteiger partial charge on any atom is -0.310 e. The predicted octanol–water partition coefficient (Wildman–Crippen LogP) is 15.8. The summed E-state index contributed by atoms with van der Waals surface area (Å²) in [6.07, 6.45) is 0. The van der Waals surface area contributed by atoms with E-state index in [1.807, 2.05) is 0 Å². The summed E-state index contributed by atoms with van der Waals surface area (Å²) in [6, 6.07) is 85.6. The molecular formula is C56H39N. The molecule has 0 aromatic heterocycles. The normalized spacial score (nSPS) is 11.2. The lowest BCUT2D eigenvalue weighted by Gasteiger charge is -2.27. The Kier molecular flexibility index (Phi) is 8.95. The number of nitrogens with zero attached hydrogens (tertiary/aromatic N) is 1. The van der Waals surface area contributed by atoms with E-state index in [2.05, 4.69) is 241 Å². The lowest BCUT2D eigenvalue weighted by atomic mass is 9.85. The smallest absolute Gasteiger partial charge is 0.0468 e. The average molecular weight is 726 g/mol. The summed E-state index contributed by atoms with van der Waals surface area (Å²) < 4.78 is 0. The minimum absolute atomic E-state index is 1.10. The Hall–Kier alpha value is -7.48. The van der Waals surface area contributed by atoms with Crippen molar-refractivity contribution in [1.29, 1.82) is 0 Å². The number of benzene rings is 10. The fourth-order valence-corrected chi connectivity index (χ4v) is 8.32. The molecule has 0 heterocycles. The zero-order chi connectivity index (χ0) is 38.0. The largest absolute Gasteiger partial charge is 0.310 e. The van der Waals surface area contributed by atoms with Gasteiger partial charge in [-0.15, -0.1) is 0 Å². The van der Waals surface area contributed by atoms with E-state index in [-0.39, 0.29) is 0 Å². The first-order valence-corrected chi connectivity index (χ1v) is 19.6. The Balaban J connectivity index is 1.15. The SMILES string of the molecule is c1ccc(-c2ccc(-c3ccc(N(c4cccc(-c5ccccc5)c4)c4ccc5c(-c6ccccc6)c(-c6ccccc6)c6ccccc6c5c4)cc3)cc2)cc1. The van der Waals surface area contributed by atoms with E-state index in [1.54, 1.807) is 0 Å². The van der Waals surface area contributed by atoms with Crippen LogP contribution in [0.1, 0.15) is 0 Å². The Morgan fingerprint density at radius 2 is 0.561 bits per heavy atom. The zero-order valence-electron chi connectivity index (χ0n) is 31.5. The van der Waals surface area contributed by atoms with Gasteiger partial charge in [-0.05, 0) is 114 Å². The summed E-state index contributed by atoms with van der Waals surface area (Å²) in [4.78, 5) is 2.40. The average Bonchev–Trinajstić information content (AvgIpc) is 3.30. The maximum atomic E-state index is 2.40. The molecule has 10 aromatic rings. The molecule has 0 spiro atoms. The molecule has 0 saturated carbocycles. The third-order valence-corrected chi connectivity index (χ3v) is 11.1. The molecule has 0 aliphatic rings. The van der Waals surface area contributed by atoms with Crippen molar-refractivity contribution in [2.75, 3.05) is 4.90 Å². The summed E-state index contributed by atoms with van der Waals surface area (Å²) in [7, 11) is 0. The number of rotatable bonds is 8. The van der Waals surface area contributed by atoms with Crippen LogP contribution in [0.25, 0.3) is 77.2 Å². The van der Waals surface area contributed by atoms with Crippen LogP contribution in [0, 0.1) is 0 Å². The molecule has 57 heavy (non-hydrogen) atoms. The van der Waals surface area contributed by atoms with Gasteiger partial charge in [-0.25, -0.2) is 0 Å². The first-order chi connectivity index (χ1) is 28.3. The topological polar surface area (TPSA) is 3.24 Å². The summed E-state index contributed by atoms with van der Waals surface area (Å²) in [6.45, 7) is 0. The molecule has 0 saturated heterocycles. The molecule has 0 amide bonds. The molecule has 10 aromatic carbocycles. The summed E-state index contributed by atoms with van der Waals surface area (Å²) in [5, 5.41) is 4.93. The van der Waals surface area contributed by atoms with Gasteiger partial charge in [0.05, 0.1) is 0 Å². The quantitative estimate of drug-likeness (QED) is 0.141. The summed E-state index contributed by atoms with van der Waals surface area (Å²) in [5.41, 5.74) is 15.4. The van der Waals surface area contributed by atoms with Gasteiger partial charge in [0, 0.05) is 17.1 Å². The molecule has 0 aliphatic carbocycles. The highest BCUT2D eigenvalue weighted by atomic mass is 15.1. The van der Waals surface area contributed by atoms with E-state index >= 15 is 0 Å². The standard InChI is InChI=1S/C56H39N/c1-5-16-40(17-6-1)42-28-30-43(31-29-42)44-32-34-48(35-33-44)57(49-25-15-24-47(38-49)41-18-7-2-8-19-41)50-36-37-53-54(39-50)51-26-13-14-27-52(51)55(45-20-9-3-10-21-45)56(53)46-22-11-4-12-23-46/h1-39H. The lowest BCUT2D eigenvalue weighted by molar-refractivity contribution is 1.29. The molecule has 0 aliphatic heterocycles. The van der Waals surface area contributed by atoms with Gasteiger partial charge in [-0.2, -0.15) is 0 Å². The van der Waals surface area contributed by atoms with E-state index in [9.17, 15) is 0 Å². The molecule has 0 radical (unpaired) electrons. The number of fused-ring (bicyclic) bond motifs is 3. The molecule has 268 valence electrons. The van der Waals surface area contributed by atoms with Crippen LogP contribution >= 0.6 is 0 Å². The Labute approximate surface area is 334 Å². The highest BCUT2D eigenvalue weighted by Crippen LogP contribution is 2.47. The van der Waals surface area contributed by atoms with E-state index < -0.39 is 0 Å². The maximum absolute atomic E-state index is 2.40. The third kappa shape index (κ3) is 6.56. The first kappa shape index (κ1) is 34.0. The molecule has 1 nitrogen and oxygen atoms in total. The second kappa shape index (κ2) is 15.0. The second-order valence-electron chi connectivity index (χ2n) is 14.5. The molecule has 0 atom stereocenters. The summed E-state index contributed by atoms with van der Waals surface area (Å²) >= 11 is 0. The molecule has 0 N–H and O–H groups in total. The van der Waals surface area contributed by atoms with E-state index in [0.29, 0.717) is 0 Å².